The molecule has 0 aliphatic carbocycles. The van der Waals surface area contributed by atoms with Gasteiger partial charge in [0.1, 0.15) is 23.1 Å². The molecule has 0 bridgehead atoms. The Morgan fingerprint density at radius 1 is 0.962 bits per heavy atom. The van der Waals surface area contributed by atoms with Crippen LogP contribution in [0.4, 0.5) is 26.1 Å². The summed E-state index contributed by atoms with van der Waals surface area (Å²) in [5, 5.41) is 12.7. The van der Waals surface area contributed by atoms with Crippen LogP contribution in [0.25, 0.3) is 0 Å². The van der Waals surface area contributed by atoms with E-state index in [9.17, 15) is 13.6 Å². The second-order valence-corrected chi connectivity index (χ2v) is 5.21. The third kappa shape index (κ3) is 3.92. The van der Waals surface area contributed by atoms with Crippen LogP contribution < -0.4 is 15.4 Å². The summed E-state index contributed by atoms with van der Waals surface area (Å²) in [7, 11) is 1.51. The highest BCUT2D eigenvalue weighted by Gasteiger charge is 2.11. The van der Waals surface area contributed by atoms with E-state index >= 15 is 0 Å². The van der Waals surface area contributed by atoms with Crippen molar-refractivity contribution in [2.75, 3.05) is 17.7 Å². The summed E-state index contributed by atoms with van der Waals surface area (Å²) >= 11 is 0. The number of carbonyl (C=O) groups is 1. The van der Waals surface area contributed by atoms with Crippen LogP contribution >= 0.6 is 0 Å². The number of rotatable bonds is 5. The molecule has 0 saturated heterocycles. The van der Waals surface area contributed by atoms with Crippen molar-refractivity contribution in [3.05, 3.63) is 71.8 Å². The van der Waals surface area contributed by atoms with Crippen LogP contribution in [0.15, 0.2) is 54.6 Å². The van der Waals surface area contributed by atoms with Crippen molar-refractivity contribution in [2.45, 2.75) is 0 Å². The van der Waals surface area contributed by atoms with Gasteiger partial charge in [-0.05, 0) is 42.5 Å². The molecule has 6 nitrogen and oxygen atoms in total. The quantitative estimate of drug-likeness (QED) is 0.728. The monoisotopic (exact) mass is 356 g/mol. The molecule has 1 aromatic heterocycles. The zero-order valence-electron chi connectivity index (χ0n) is 13.7. The number of para-hydroxylation sites is 1. The molecule has 8 heteroatoms. The lowest BCUT2D eigenvalue weighted by molar-refractivity contribution is 0.102. The summed E-state index contributed by atoms with van der Waals surface area (Å²) in [5.41, 5.74) is 0.0664. The third-order valence-corrected chi connectivity index (χ3v) is 3.45. The number of anilines is 3. The zero-order chi connectivity index (χ0) is 18.5. The van der Waals surface area contributed by atoms with E-state index in [-0.39, 0.29) is 23.2 Å². The Bertz CT molecular complexity index is 912. The van der Waals surface area contributed by atoms with E-state index in [1.54, 1.807) is 24.3 Å². The fourth-order valence-electron chi connectivity index (χ4n) is 2.16. The molecule has 2 aromatic carbocycles. The van der Waals surface area contributed by atoms with Gasteiger partial charge >= 0.3 is 0 Å². The predicted octanol–water partition coefficient (Wildman–Crippen LogP) is 3.76. The molecule has 1 amide bonds. The summed E-state index contributed by atoms with van der Waals surface area (Å²) in [6, 6.07) is 13.0. The normalized spacial score (nSPS) is 10.3. The average Bonchev–Trinajstić information content (AvgIpc) is 2.66. The highest BCUT2D eigenvalue weighted by atomic mass is 19.1. The number of carbonyl (C=O) groups excluding carboxylic acids is 1. The van der Waals surface area contributed by atoms with E-state index in [1.165, 1.54) is 25.3 Å². The molecule has 3 rings (SSSR count). The fraction of sp³-hybridized carbons (Fsp3) is 0.0556. The number of hydrogen-bond acceptors (Lipinski definition) is 5. The first kappa shape index (κ1) is 17.3. The Morgan fingerprint density at radius 3 is 2.27 bits per heavy atom. The van der Waals surface area contributed by atoms with E-state index in [0.29, 0.717) is 11.3 Å². The lowest BCUT2D eigenvalue weighted by Gasteiger charge is -2.08. The van der Waals surface area contributed by atoms with Gasteiger partial charge in [0.05, 0.1) is 7.11 Å². The van der Waals surface area contributed by atoms with Crippen LogP contribution in [0.2, 0.25) is 0 Å². The van der Waals surface area contributed by atoms with Crippen LogP contribution in [-0.2, 0) is 0 Å². The molecule has 2 N–H and O–H groups in total. The van der Waals surface area contributed by atoms with Gasteiger partial charge in [-0.1, -0.05) is 12.1 Å². The highest BCUT2D eigenvalue weighted by Crippen LogP contribution is 2.22. The van der Waals surface area contributed by atoms with E-state index in [4.69, 9.17) is 4.74 Å². The maximum absolute atomic E-state index is 13.6. The average molecular weight is 356 g/mol. The standard InChI is InChI=1S/C18H14F2N4O2/c1-26-12-5-2-4-11(10-12)18(25)22-16-9-8-15(23-24-16)21-17-13(19)6-3-7-14(17)20/h2-10H,1H3,(H,21,23)(H,22,24,25). The number of nitrogens with zero attached hydrogens (tertiary/aromatic N) is 2. The SMILES string of the molecule is COc1cccc(C(=O)Nc2ccc(Nc3c(F)cccc3F)nn2)c1. The van der Waals surface area contributed by atoms with Gasteiger partial charge in [0, 0.05) is 5.56 Å². The summed E-state index contributed by atoms with van der Waals surface area (Å²) in [6.07, 6.45) is 0. The van der Waals surface area contributed by atoms with Crippen molar-refractivity contribution in [1.29, 1.82) is 0 Å². The fourth-order valence-corrected chi connectivity index (χ4v) is 2.16. The van der Waals surface area contributed by atoms with Crippen molar-refractivity contribution in [3.8, 4) is 5.75 Å². The second kappa shape index (κ2) is 7.56. The Kier molecular flexibility index (Phi) is 5.02. The second-order valence-electron chi connectivity index (χ2n) is 5.21. The van der Waals surface area contributed by atoms with Gasteiger partial charge in [-0.25, -0.2) is 8.78 Å². The Morgan fingerprint density at radius 2 is 1.62 bits per heavy atom. The van der Waals surface area contributed by atoms with Crippen LogP contribution in [0, 0.1) is 11.6 Å². The number of methoxy groups -OCH3 is 1. The first-order valence-electron chi connectivity index (χ1n) is 7.57. The van der Waals surface area contributed by atoms with Crippen molar-refractivity contribution in [1.82, 2.24) is 10.2 Å². The van der Waals surface area contributed by atoms with Crippen LogP contribution in [0.5, 0.6) is 5.75 Å². The van der Waals surface area contributed by atoms with Crippen LogP contribution in [-0.4, -0.2) is 23.2 Å². The van der Waals surface area contributed by atoms with E-state index < -0.39 is 11.6 Å². The molecule has 0 spiro atoms. The number of benzene rings is 2. The summed E-state index contributed by atoms with van der Waals surface area (Å²) < 4.78 is 32.3. The minimum atomic E-state index is -0.748. The molecule has 0 aliphatic rings. The summed E-state index contributed by atoms with van der Waals surface area (Å²) in [5.74, 6) is -1.01. The number of ether oxygens (including phenoxy) is 1. The van der Waals surface area contributed by atoms with Gasteiger partial charge in [0.25, 0.3) is 5.91 Å². The summed E-state index contributed by atoms with van der Waals surface area (Å²) in [6.45, 7) is 0. The predicted molar refractivity (Wildman–Crippen MR) is 92.6 cm³/mol. The van der Waals surface area contributed by atoms with E-state index in [0.717, 1.165) is 12.1 Å². The molecule has 0 radical (unpaired) electrons. The smallest absolute Gasteiger partial charge is 0.256 e. The molecule has 0 saturated carbocycles. The topological polar surface area (TPSA) is 76.1 Å². The van der Waals surface area contributed by atoms with E-state index in [2.05, 4.69) is 20.8 Å². The van der Waals surface area contributed by atoms with Gasteiger partial charge in [-0.15, -0.1) is 10.2 Å². The summed E-state index contributed by atoms with van der Waals surface area (Å²) in [4.78, 5) is 12.2. The van der Waals surface area contributed by atoms with Gasteiger partial charge in [-0.2, -0.15) is 0 Å². The first-order chi connectivity index (χ1) is 12.6. The largest absolute Gasteiger partial charge is 0.497 e. The molecule has 3 aromatic rings. The van der Waals surface area contributed by atoms with Crippen LogP contribution in [0.3, 0.4) is 0 Å². The highest BCUT2D eigenvalue weighted by molar-refractivity contribution is 6.03. The number of aromatic nitrogens is 2. The van der Waals surface area contributed by atoms with Crippen LogP contribution in [0.1, 0.15) is 10.4 Å². The van der Waals surface area contributed by atoms with Crippen molar-refractivity contribution >= 4 is 23.2 Å². The molecule has 26 heavy (non-hydrogen) atoms. The number of nitrogens with one attached hydrogen (secondary N) is 2. The number of hydrogen-bond donors (Lipinski definition) is 2. The maximum Gasteiger partial charge on any atom is 0.256 e. The van der Waals surface area contributed by atoms with Gasteiger partial charge in [0.15, 0.2) is 11.6 Å². The molecule has 132 valence electrons. The van der Waals surface area contributed by atoms with Crippen molar-refractivity contribution < 1.29 is 18.3 Å². The van der Waals surface area contributed by atoms with Gasteiger partial charge in [-0.3, -0.25) is 4.79 Å². The first-order valence-corrected chi connectivity index (χ1v) is 7.57. The maximum atomic E-state index is 13.6. The van der Waals surface area contributed by atoms with Gasteiger partial charge < -0.3 is 15.4 Å². The third-order valence-electron chi connectivity index (χ3n) is 3.45. The molecular weight excluding hydrogens is 342 g/mol. The number of halogens is 2. The molecular formula is C18H14F2N4O2. The van der Waals surface area contributed by atoms with Gasteiger partial charge in [0.2, 0.25) is 0 Å². The minimum absolute atomic E-state index is 0.133. The minimum Gasteiger partial charge on any atom is -0.497 e. The van der Waals surface area contributed by atoms with Crippen molar-refractivity contribution in [2.24, 2.45) is 0 Å². The molecule has 0 fully saturated rings. The number of amides is 1. The molecule has 0 atom stereocenters. The Labute approximate surface area is 147 Å². The van der Waals surface area contributed by atoms with E-state index in [1.807, 2.05) is 0 Å². The zero-order valence-corrected chi connectivity index (χ0v) is 13.7. The van der Waals surface area contributed by atoms with Crippen molar-refractivity contribution in [3.63, 3.8) is 0 Å². The lowest BCUT2D eigenvalue weighted by atomic mass is 10.2. The molecule has 1 heterocycles. The lowest BCUT2D eigenvalue weighted by Crippen LogP contribution is -2.13. The molecule has 0 unspecified atom stereocenters. The molecule has 0 aliphatic heterocycles. The Balaban J connectivity index is 1.70. The Hall–Kier alpha value is -3.55.